The SMILES string of the molecule is Cc1cn2cc(NC(=O)c3ccc(N4CC[C@@H](NC(=O)OC(C)(C)C)C4)c4cc(C)[nH]c34)cc(F)c2n1. The molecule has 0 saturated carbocycles. The number of carbonyl (C=O) groups excluding carboxylic acids is 2. The van der Waals surface area contributed by atoms with Crippen LogP contribution in [0.3, 0.4) is 0 Å². The first-order chi connectivity index (χ1) is 17.5. The monoisotopic (exact) mass is 506 g/mol. The van der Waals surface area contributed by atoms with Gasteiger partial charge in [0.05, 0.1) is 28.5 Å². The van der Waals surface area contributed by atoms with Gasteiger partial charge in [-0.15, -0.1) is 0 Å². The summed E-state index contributed by atoms with van der Waals surface area (Å²) < 4.78 is 21.5. The maximum atomic E-state index is 14.5. The van der Waals surface area contributed by atoms with Crippen LogP contribution in [0.15, 0.2) is 36.7 Å². The molecule has 0 bridgehead atoms. The Hall–Kier alpha value is -4.08. The second-order valence-electron chi connectivity index (χ2n) is 10.6. The van der Waals surface area contributed by atoms with Gasteiger partial charge in [0.25, 0.3) is 5.91 Å². The van der Waals surface area contributed by atoms with E-state index < -0.39 is 17.5 Å². The first-order valence-electron chi connectivity index (χ1n) is 12.3. The molecule has 1 aliphatic heterocycles. The van der Waals surface area contributed by atoms with Crippen LogP contribution in [0.4, 0.5) is 20.6 Å². The van der Waals surface area contributed by atoms with Crippen molar-refractivity contribution in [3.8, 4) is 0 Å². The number of pyridine rings is 1. The van der Waals surface area contributed by atoms with Crippen LogP contribution in [0.25, 0.3) is 16.6 Å². The number of rotatable bonds is 4. The molecule has 0 unspecified atom stereocenters. The first kappa shape index (κ1) is 24.6. The summed E-state index contributed by atoms with van der Waals surface area (Å²) in [6.45, 7) is 10.6. The molecule has 1 saturated heterocycles. The molecule has 5 rings (SSSR count). The zero-order valence-electron chi connectivity index (χ0n) is 21.6. The molecule has 9 nitrogen and oxygen atoms in total. The van der Waals surface area contributed by atoms with Crippen molar-refractivity contribution in [3.05, 3.63) is 59.4 Å². The fraction of sp³-hybridized carbons (Fsp3) is 0.370. The van der Waals surface area contributed by atoms with Crippen molar-refractivity contribution in [1.29, 1.82) is 0 Å². The molecule has 37 heavy (non-hydrogen) atoms. The molecule has 194 valence electrons. The van der Waals surface area contributed by atoms with E-state index in [9.17, 15) is 14.0 Å². The first-order valence-corrected chi connectivity index (χ1v) is 12.3. The standard InChI is InChI=1S/C27H31FN6O3/c1-15-10-20-22(33-9-8-17(13-33)32-26(36)37-27(3,4)5)7-6-19(23(20)29-15)25(35)31-18-11-21(28)24-30-16(2)12-34(24)14-18/h6-7,10-12,14,17,29H,8-9,13H2,1-5H3,(H,31,35)(H,32,36)/t17-/m1/s1. The van der Waals surface area contributed by atoms with Crippen molar-refractivity contribution in [2.45, 2.75) is 52.7 Å². The topological polar surface area (TPSA) is 104 Å². The van der Waals surface area contributed by atoms with Gasteiger partial charge in [0.1, 0.15) is 5.60 Å². The Bertz CT molecular complexity index is 1520. The highest BCUT2D eigenvalue weighted by Crippen LogP contribution is 2.33. The summed E-state index contributed by atoms with van der Waals surface area (Å²) >= 11 is 0. The zero-order valence-corrected chi connectivity index (χ0v) is 21.6. The number of fused-ring (bicyclic) bond motifs is 2. The van der Waals surface area contributed by atoms with Gasteiger partial charge in [-0.25, -0.2) is 14.2 Å². The van der Waals surface area contributed by atoms with Gasteiger partial charge in [0, 0.05) is 48.3 Å². The number of nitrogens with one attached hydrogen (secondary N) is 3. The molecule has 1 aromatic carbocycles. The van der Waals surface area contributed by atoms with Crippen LogP contribution in [-0.4, -0.2) is 51.1 Å². The van der Waals surface area contributed by atoms with Gasteiger partial charge in [0.2, 0.25) is 0 Å². The van der Waals surface area contributed by atoms with Gasteiger partial charge in [-0.3, -0.25) is 4.79 Å². The molecule has 0 radical (unpaired) electrons. The molecular formula is C27H31FN6O3. The molecular weight excluding hydrogens is 475 g/mol. The third-order valence-electron chi connectivity index (χ3n) is 6.28. The van der Waals surface area contributed by atoms with Crippen LogP contribution in [0.5, 0.6) is 0 Å². The van der Waals surface area contributed by atoms with E-state index in [-0.39, 0.29) is 17.6 Å². The molecule has 0 aliphatic carbocycles. The number of aryl methyl sites for hydroxylation is 2. The van der Waals surface area contributed by atoms with Crippen molar-refractivity contribution in [2.75, 3.05) is 23.3 Å². The van der Waals surface area contributed by atoms with Gasteiger partial charge in [-0.2, -0.15) is 0 Å². The summed E-state index contributed by atoms with van der Waals surface area (Å²) in [7, 11) is 0. The van der Waals surface area contributed by atoms with Crippen molar-refractivity contribution in [3.63, 3.8) is 0 Å². The molecule has 4 heterocycles. The van der Waals surface area contributed by atoms with Crippen LogP contribution < -0.4 is 15.5 Å². The third-order valence-corrected chi connectivity index (χ3v) is 6.28. The Balaban J connectivity index is 1.37. The molecule has 1 fully saturated rings. The van der Waals surface area contributed by atoms with E-state index in [0.717, 1.165) is 29.7 Å². The van der Waals surface area contributed by atoms with Gasteiger partial charge in [0.15, 0.2) is 11.5 Å². The number of halogens is 1. The smallest absolute Gasteiger partial charge is 0.407 e. The number of anilines is 2. The molecule has 0 spiro atoms. The highest BCUT2D eigenvalue weighted by Gasteiger charge is 2.28. The molecule has 2 amide bonds. The van der Waals surface area contributed by atoms with Crippen molar-refractivity contribution in [2.24, 2.45) is 0 Å². The Morgan fingerprint density at radius 2 is 1.97 bits per heavy atom. The maximum absolute atomic E-state index is 14.5. The highest BCUT2D eigenvalue weighted by atomic mass is 19.1. The number of benzene rings is 1. The average molecular weight is 507 g/mol. The van der Waals surface area contributed by atoms with E-state index in [0.29, 0.717) is 29.0 Å². The Kier molecular flexibility index (Phi) is 6.05. The number of H-pyrrole nitrogens is 1. The summed E-state index contributed by atoms with van der Waals surface area (Å²) in [4.78, 5) is 35.1. The lowest BCUT2D eigenvalue weighted by Crippen LogP contribution is -2.40. The number of aromatic nitrogens is 3. The lowest BCUT2D eigenvalue weighted by Gasteiger charge is -2.23. The Morgan fingerprint density at radius 1 is 1.19 bits per heavy atom. The number of carbonyl (C=O) groups is 2. The number of nitrogens with zero attached hydrogens (tertiary/aromatic N) is 3. The van der Waals surface area contributed by atoms with E-state index in [1.54, 1.807) is 29.8 Å². The van der Waals surface area contributed by atoms with E-state index in [1.807, 2.05) is 39.8 Å². The number of hydrogen-bond donors (Lipinski definition) is 3. The molecule has 1 aliphatic rings. The number of amides is 2. The minimum absolute atomic E-state index is 0.0375. The summed E-state index contributed by atoms with van der Waals surface area (Å²) in [6, 6.07) is 6.94. The second-order valence-corrected chi connectivity index (χ2v) is 10.6. The highest BCUT2D eigenvalue weighted by molar-refractivity contribution is 6.14. The van der Waals surface area contributed by atoms with E-state index in [2.05, 4.69) is 25.5 Å². The van der Waals surface area contributed by atoms with Gasteiger partial charge >= 0.3 is 6.09 Å². The number of alkyl carbamates (subject to hydrolysis) is 1. The van der Waals surface area contributed by atoms with Crippen molar-refractivity contribution in [1.82, 2.24) is 19.7 Å². The quantitative estimate of drug-likeness (QED) is 0.364. The molecule has 10 heteroatoms. The Morgan fingerprint density at radius 3 is 2.73 bits per heavy atom. The lowest BCUT2D eigenvalue weighted by molar-refractivity contribution is 0.0509. The fourth-order valence-corrected chi connectivity index (χ4v) is 4.82. The molecule has 4 aromatic rings. The van der Waals surface area contributed by atoms with E-state index >= 15 is 0 Å². The number of hydrogen-bond acceptors (Lipinski definition) is 5. The van der Waals surface area contributed by atoms with Crippen LogP contribution in [-0.2, 0) is 4.74 Å². The summed E-state index contributed by atoms with van der Waals surface area (Å²) in [5.74, 6) is -0.856. The number of aromatic amines is 1. The predicted molar refractivity (Wildman–Crippen MR) is 141 cm³/mol. The normalized spacial score (nSPS) is 15.9. The molecule has 3 N–H and O–H groups in total. The van der Waals surface area contributed by atoms with Gasteiger partial charge in [-0.1, -0.05) is 0 Å². The summed E-state index contributed by atoms with van der Waals surface area (Å²) in [5, 5.41) is 6.68. The van der Waals surface area contributed by atoms with Crippen LogP contribution in [0.1, 0.15) is 48.9 Å². The van der Waals surface area contributed by atoms with Crippen LogP contribution in [0, 0.1) is 19.7 Å². The molecule has 3 aromatic heterocycles. The number of imidazole rings is 1. The second kappa shape index (κ2) is 9.10. The maximum Gasteiger partial charge on any atom is 0.407 e. The summed E-state index contributed by atoms with van der Waals surface area (Å²) in [6.07, 6.45) is 3.71. The number of ether oxygens (including phenoxy) is 1. The van der Waals surface area contributed by atoms with Crippen molar-refractivity contribution < 1.29 is 18.7 Å². The largest absolute Gasteiger partial charge is 0.444 e. The van der Waals surface area contributed by atoms with E-state index in [1.165, 1.54) is 6.07 Å². The van der Waals surface area contributed by atoms with E-state index in [4.69, 9.17) is 4.74 Å². The van der Waals surface area contributed by atoms with Crippen LogP contribution >= 0.6 is 0 Å². The van der Waals surface area contributed by atoms with Crippen molar-refractivity contribution >= 4 is 39.9 Å². The lowest BCUT2D eigenvalue weighted by atomic mass is 10.1. The van der Waals surface area contributed by atoms with Crippen LogP contribution in [0.2, 0.25) is 0 Å². The molecule has 1 atom stereocenters. The fourth-order valence-electron chi connectivity index (χ4n) is 4.82. The third kappa shape index (κ3) is 5.09. The Labute approximate surface area is 214 Å². The minimum Gasteiger partial charge on any atom is -0.444 e. The summed E-state index contributed by atoms with van der Waals surface area (Å²) in [5.41, 5.74) is 3.74. The predicted octanol–water partition coefficient (Wildman–Crippen LogP) is 4.93. The van der Waals surface area contributed by atoms with Gasteiger partial charge in [-0.05, 0) is 59.2 Å². The van der Waals surface area contributed by atoms with Gasteiger partial charge < -0.3 is 29.7 Å². The average Bonchev–Trinajstić information content (AvgIpc) is 3.49. The minimum atomic E-state index is -0.553. The zero-order chi connectivity index (χ0) is 26.5.